The molecule has 18 heavy (non-hydrogen) atoms. The molecule has 0 radical (unpaired) electrons. The lowest BCUT2D eigenvalue weighted by atomic mass is 9.94. The van der Waals surface area contributed by atoms with Crippen molar-refractivity contribution in [2.75, 3.05) is 0 Å². The van der Waals surface area contributed by atoms with Crippen molar-refractivity contribution in [2.45, 2.75) is 30.9 Å². The van der Waals surface area contributed by atoms with E-state index in [0.29, 0.717) is 12.1 Å². The minimum Gasteiger partial charge on any atom is -0.508 e. The Morgan fingerprint density at radius 3 is 2.44 bits per heavy atom. The minimum atomic E-state index is -1.20. The number of nitrogens with one attached hydrogen (secondary N) is 1. The highest BCUT2D eigenvalue weighted by Crippen LogP contribution is 2.17. The maximum atomic E-state index is 9.77. The van der Waals surface area contributed by atoms with Crippen LogP contribution in [0.15, 0.2) is 36.4 Å². The van der Waals surface area contributed by atoms with Crippen LogP contribution in [0.4, 0.5) is 0 Å². The average Bonchev–Trinajstić information content (AvgIpc) is 2.37. The van der Waals surface area contributed by atoms with Gasteiger partial charge in [-0.1, -0.05) is 30.4 Å². The fraction of sp³-hybridized carbons (Fsp3) is 0.385. The monoisotopic (exact) mass is 251 g/mol. The van der Waals surface area contributed by atoms with E-state index in [1.165, 1.54) is 6.08 Å². The predicted octanol–water partition coefficient (Wildman–Crippen LogP) is -0.497. The summed E-state index contributed by atoms with van der Waals surface area (Å²) in [5.41, 5.74) is 0.707. The average molecular weight is 251 g/mol. The van der Waals surface area contributed by atoms with Gasteiger partial charge in [-0.25, -0.2) is 0 Å². The molecule has 0 amide bonds. The highest BCUT2D eigenvalue weighted by molar-refractivity contribution is 5.31. The summed E-state index contributed by atoms with van der Waals surface area (Å²) in [7, 11) is 0. The van der Waals surface area contributed by atoms with Crippen molar-refractivity contribution in [3.63, 3.8) is 0 Å². The van der Waals surface area contributed by atoms with Gasteiger partial charge < -0.3 is 25.7 Å². The quantitative estimate of drug-likeness (QED) is 0.467. The van der Waals surface area contributed by atoms with E-state index in [-0.39, 0.29) is 5.75 Å². The molecule has 4 unspecified atom stereocenters. The van der Waals surface area contributed by atoms with Crippen molar-refractivity contribution in [3.8, 4) is 5.75 Å². The van der Waals surface area contributed by atoms with Gasteiger partial charge in [0.1, 0.15) is 24.1 Å². The molecule has 0 bridgehead atoms. The summed E-state index contributed by atoms with van der Waals surface area (Å²) in [6, 6.07) is 6.44. The summed E-state index contributed by atoms with van der Waals surface area (Å²) in [6.07, 6.45) is -0.252. The minimum absolute atomic E-state index is 0.180. The number of rotatable bonds is 3. The van der Waals surface area contributed by atoms with Gasteiger partial charge in [-0.15, -0.1) is 0 Å². The normalized spacial score (nSPS) is 31.5. The lowest BCUT2D eigenvalue weighted by Gasteiger charge is -2.31. The van der Waals surface area contributed by atoms with Gasteiger partial charge in [-0.2, -0.15) is 0 Å². The fourth-order valence-electron chi connectivity index (χ4n) is 1.95. The van der Waals surface area contributed by atoms with E-state index in [1.807, 2.05) is 6.07 Å². The molecule has 0 saturated carbocycles. The van der Waals surface area contributed by atoms with E-state index in [0.717, 1.165) is 0 Å². The van der Waals surface area contributed by atoms with Crippen LogP contribution in [0.1, 0.15) is 5.56 Å². The molecule has 1 aliphatic carbocycles. The van der Waals surface area contributed by atoms with Crippen LogP contribution in [0.3, 0.4) is 0 Å². The van der Waals surface area contributed by atoms with E-state index in [2.05, 4.69) is 5.32 Å². The zero-order valence-electron chi connectivity index (χ0n) is 9.77. The van der Waals surface area contributed by atoms with E-state index in [1.54, 1.807) is 24.3 Å². The van der Waals surface area contributed by atoms with E-state index < -0.39 is 24.4 Å². The maximum absolute atomic E-state index is 9.77. The lowest BCUT2D eigenvalue weighted by Crippen LogP contribution is -2.51. The summed E-state index contributed by atoms with van der Waals surface area (Å²) in [4.78, 5) is 0. The van der Waals surface area contributed by atoms with Gasteiger partial charge in [0, 0.05) is 12.1 Å². The van der Waals surface area contributed by atoms with Crippen LogP contribution in [-0.4, -0.2) is 44.8 Å². The third-order valence-electron chi connectivity index (χ3n) is 3.10. The molecule has 0 aliphatic heterocycles. The van der Waals surface area contributed by atoms with Gasteiger partial charge >= 0.3 is 0 Å². The van der Waals surface area contributed by atoms with Gasteiger partial charge in [0.2, 0.25) is 0 Å². The third-order valence-corrected chi connectivity index (χ3v) is 3.10. The van der Waals surface area contributed by atoms with Crippen molar-refractivity contribution in [1.29, 1.82) is 0 Å². The van der Waals surface area contributed by atoms with E-state index in [4.69, 9.17) is 0 Å². The van der Waals surface area contributed by atoms with Crippen molar-refractivity contribution >= 4 is 0 Å². The first-order valence-corrected chi connectivity index (χ1v) is 5.82. The van der Waals surface area contributed by atoms with E-state index >= 15 is 0 Å². The van der Waals surface area contributed by atoms with Crippen molar-refractivity contribution in [3.05, 3.63) is 42.0 Å². The number of benzene rings is 1. The Balaban J connectivity index is 1.99. The molecule has 1 aromatic carbocycles. The fourth-order valence-corrected chi connectivity index (χ4v) is 1.95. The standard InChI is InChI=1S/C13H17NO4/c15-10-4-2-1-3-8(10)7-14-9-5-6-11(16)13(18)12(9)17/h1-6,9,11-18H,7H2. The largest absolute Gasteiger partial charge is 0.508 e. The number of aliphatic hydroxyl groups is 3. The van der Waals surface area contributed by atoms with Crippen LogP contribution < -0.4 is 5.32 Å². The molecule has 0 spiro atoms. The number of aliphatic hydroxyl groups excluding tert-OH is 3. The summed E-state index contributed by atoms with van der Waals surface area (Å²) in [5, 5.41) is 41.2. The second kappa shape index (κ2) is 5.49. The maximum Gasteiger partial charge on any atom is 0.120 e. The molecule has 1 aromatic rings. The first-order valence-electron chi connectivity index (χ1n) is 5.82. The van der Waals surface area contributed by atoms with Gasteiger partial charge in [0.05, 0.1) is 6.04 Å². The number of hydrogen-bond acceptors (Lipinski definition) is 5. The molecule has 5 N–H and O–H groups in total. The number of phenols is 1. The molecule has 0 fully saturated rings. The molecular weight excluding hydrogens is 234 g/mol. The Bertz CT molecular complexity index is 435. The smallest absolute Gasteiger partial charge is 0.120 e. The number of phenolic OH excluding ortho intramolecular Hbond substituents is 1. The SMILES string of the molecule is Oc1ccccc1CNC1C=CC(O)C(O)C1O. The van der Waals surface area contributed by atoms with Crippen LogP contribution in [0.2, 0.25) is 0 Å². The zero-order chi connectivity index (χ0) is 13.1. The Kier molecular flexibility index (Phi) is 3.98. The second-order valence-corrected chi connectivity index (χ2v) is 4.39. The molecule has 0 heterocycles. The van der Waals surface area contributed by atoms with Crippen LogP contribution in [0.25, 0.3) is 0 Å². The summed E-state index contributed by atoms with van der Waals surface area (Å²) >= 11 is 0. The van der Waals surface area contributed by atoms with Gasteiger partial charge in [0.25, 0.3) is 0 Å². The number of hydrogen-bond donors (Lipinski definition) is 5. The zero-order valence-corrected chi connectivity index (χ0v) is 9.77. The Labute approximate surface area is 105 Å². The van der Waals surface area contributed by atoms with Crippen molar-refractivity contribution < 1.29 is 20.4 Å². The van der Waals surface area contributed by atoms with Crippen molar-refractivity contribution in [1.82, 2.24) is 5.32 Å². The topological polar surface area (TPSA) is 93.0 Å². The van der Waals surface area contributed by atoms with Gasteiger partial charge in [0.15, 0.2) is 0 Å². The molecule has 5 nitrogen and oxygen atoms in total. The van der Waals surface area contributed by atoms with Gasteiger partial charge in [-0.3, -0.25) is 0 Å². The first-order chi connectivity index (χ1) is 8.59. The molecule has 1 aliphatic rings. The summed E-state index contributed by atoms with van der Waals surface area (Å²) in [6.45, 7) is 0.363. The molecule has 5 heteroatoms. The highest BCUT2D eigenvalue weighted by atomic mass is 16.4. The second-order valence-electron chi connectivity index (χ2n) is 4.39. The summed E-state index contributed by atoms with van der Waals surface area (Å²) in [5.74, 6) is 0.180. The van der Waals surface area contributed by atoms with Gasteiger partial charge in [-0.05, 0) is 6.07 Å². The van der Waals surface area contributed by atoms with E-state index in [9.17, 15) is 20.4 Å². The van der Waals surface area contributed by atoms with Crippen LogP contribution in [0, 0.1) is 0 Å². The number of aromatic hydroxyl groups is 1. The van der Waals surface area contributed by atoms with Crippen LogP contribution in [-0.2, 0) is 6.54 Å². The molecular formula is C13H17NO4. The Morgan fingerprint density at radius 1 is 1.00 bits per heavy atom. The number of para-hydroxylation sites is 1. The molecule has 98 valence electrons. The Morgan fingerprint density at radius 2 is 1.72 bits per heavy atom. The predicted molar refractivity (Wildman–Crippen MR) is 65.9 cm³/mol. The first kappa shape index (κ1) is 13.0. The van der Waals surface area contributed by atoms with Crippen molar-refractivity contribution in [2.24, 2.45) is 0 Å². The highest BCUT2D eigenvalue weighted by Gasteiger charge is 2.32. The van der Waals surface area contributed by atoms with Crippen LogP contribution in [0.5, 0.6) is 5.75 Å². The Hall–Kier alpha value is -1.40. The molecule has 0 aromatic heterocycles. The lowest BCUT2D eigenvalue weighted by molar-refractivity contribution is -0.0567. The summed E-state index contributed by atoms with van der Waals surface area (Å²) < 4.78 is 0. The molecule has 0 saturated heterocycles. The molecule has 2 rings (SSSR count). The molecule has 4 atom stereocenters. The third kappa shape index (κ3) is 2.70. The van der Waals surface area contributed by atoms with Crippen LogP contribution >= 0.6 is 0 Å².